The molecule has 1 amide bonds. The topological polar surface area (TPSA) is 66.5 Å². The van der Waals surface area contributed by atoms with E-state index in [1.54, 1.807) is 36.4 Å². The highest BCUT2D eigenvalue weighted by molar-refractivity contribution is 7.92. The molecule has 0 unspecified atom stereocenters. The number of amides is 1. The van der Waals surface area contributed by atoms with Crippen LogP contribution in [-0.2, 0) is 15.4 Å². The van der Waals surface area contributed by atoms with Crippen LogP contribution in [-0.4, -0.2) is 27.6 Å². The van der Waals surface area contributed by atoms with Gasteiger partial charge < -0.3 is 5.32 Å². The van der Waals surface area contributed by atoms with Crippen LogP contribution >= 0.6 is 0 Å². The minimum atomic E-state index is -3.42. The molecule has 0 heterocycles. The van der Waals surface area contributed by atoms with Gasteiger partial charge in [-0.1, -0.05) is 45.0 Å². The fourth-order valence-electron chi connectivity index (χ4n) is 2.35. The van der Waals surface area contributed by atoms with Crippen molar-refractivity contribution < 1.29 is 13.2 Å². The molecule has 0 spiro atoms. The third kappa shape index (κ3) is 4.60. The van der Waals surface area contributed by atoms with Gasteiger partial charge in [-0.05, 0) is 35.2 Å². The number of carbonyl (C=O) groups is 1. The molecule has 2 aromatic rings. The first-order valence-electron chi connectivity index (χ1n) is 7.95. The maximum Gasteiger partial charge on any atom is 0.255 e. The number of nitrogens with one attached hydrogen (secondary N) is 1. The van der Waals surface area contributed by atoms with E-state index in [9.17, 15) is 13.2 Å². The van der Waals surface area contributed by atoms with Gasteiger partial charge in [0.15, 0.2) is 0 Å². The molecule has 0 aromatic heterocycles. The average molecular weight is 360 g/mol. The molecule has 0 saturated carbocycles. The largest absolute Gasteiger partial charge is 0.320 e. The highest BCUT2D eigenvalue weighted by Gasteiger charge is 2.18. The normalized spacial score (nSPS) is 11.9. The lowest BCUT2D eigenvalue weighted by Crippen LogP contribution is -2.26. The summed E-state index contributed by atoms with van der Waals surface area (Å²) in [4.78, 5) is 12.5. The van der Waals surface area contributed by atoms with E-state index in [0.29, 0.717) is 16.9 Å². The summed E-state index contributed by atoms with van der Waals surface area (Å²) < 4.78 is 24.7. The Hall–Kier alpha value is -2.34. The van der Waals surface area contributed by atoms with E-state index < -0.39 is 10.0 Å². The lowest BCUT2D eigenvalue weighted by molar-refractivity contribution is 0.102. The molecule has 0 aliphatic heterocycles. The highest BCUT2D eigenvalue weighted by atomic mass is 32.2. The van der Waals surface area contributed by atoms with Crippen molar-refractivity contribution in [3.63, 3.8) is 0 Å². The van der Waals surface area contributed by atoms with Crippen molar-refractivity contribution in [2.45, 2.75) is 26.2 Å². The van der Waals surface area contributed by atoms with Crippen LogP contribution in [0.3, 0.4) is 0 Å². The van der Waals surface area contributed by atoms with Gasteiger partial charge in [-0.25, -0.2) is 8.42 Å². The van der Waals surface area contributed by atoms with Gasteiger partial charge in [-0.2, -0.15) is 0 Å². The predicted molar refractivity (Wildman–Crippen MR) is 103 cm³/mol. The highest BCUT2D eigenvalue weighted by Crippen LogP contribution is 2.27. The Morgan fingerprint density at radius 3 is 2.08 bits per heavy atom. The number of carbonyl (C=O) groups excluding carboxylic acids is 1. The monoisotopic (exact) mass is 360 g/mol. The molecular weight excluding hydrogens is 336 g/mol. The SMILES string of the molecule is CN(c1ccccc1NC(=O)c1ccc(C(C)(C)C)cc1)S(C)(=O)=O. The second-order valence-electron chi connectivity index (χ2n) is 7.03. The Balaban J connectivity index is 2.27. The molecule has 0 fully saturated rings. The smallest absolute Gasteiger partial charge is 0.255 e. The van der Waals surface area contributed by atoms with Crippen molar-refractivity contribution in [2.75, 3.05) is 22.9 Å². The molecule has 25 heavy (non-hydrogen) atoms. The molecule has 134 valence electrons. The van der Waals surface area contributed by atoms with Gasteiger partial charge in [-0.15, -0.1) is 0 Å². The first-order valence-corrected chi connectivity index (χ1v) is 9.80. The fraction of sp³-hybridized carbons (Fsp3) is 0.316. The molecule has 6 heteroatoms. The third-order valence-electron chi connectivity index (χ3n) is 4.00. The predicted octanol–water partition coefficient (Wildman–Crippen LogP) is 3.63. The van der Waals surface area contributed by atoms with Gasteiger partial charge >= 0.3 is 0 Å². The van der Waals surface area contributed by atoms with Crippen molar-refractivity contribution in [1.29, 1.82) is 0 Å². The van der Waals surface area contributed by atoms with Crippen LogP contribution in [0.4, 0.5) is 11.4 Å². The molecule has 0 bridgehead atoms. The molecule has 5 nitrogen and oxygen atoms in total. The zero-order valence-electron chi connectivity index (χ0n) is 15.2. The molecule has 2 aromatic carbocycles. The number of hydrogen-bond donors (Lipinski definition) is 1. The maximum atomic E-state index is 12.5. The molecule has 1 N–H and O–H groups in total. The van der Waals surface area contributed by atoms with Crippen molar-refractivity contribution in [3.05, 3.63) is 59.7 Å². The minimum absolute atomic E-state index is 0.0137. The summed E-state index contributed by atoms with van der Waals surface area (Å²) in [6, 6.07) is 14.2. The first kappa shape index (κ1) is 19.0. The van der Waals surface area contributed by atoms with Gasteiger partial charge in [0.2, 0.25) is 10.0 Å². The maximum absolute atomic E-state index is 12.5. The lowest BCUT2D eigenvalue weighted by atomic mass is 9.87. The zero-order valence-corrected chi connectivity index (χ0v) is 16.0. The van der Waals surface area contributed by atoms with E-state index in [0.717, 1.165) is 16.1 Å². The summed E-state index contributed by atoms with van der Waals surface area (Å²) in [6.07, 6.45) is 1.12. The molecule has 0 aliphatic rings. The van der Waals surface area contributed by atoms with Crippen molar-refractivity contribution in [3.8, 4) is 0 Å². The van der Waals surface area contributed by atoms with Gasteiger partial charge in [0.05, 0.1) is 17.6 Å². The Morgan fingerprint density at radius 2 is 1.56 bits per heavy atom. The minimum Gasteiger partial charge on any atom is -0.320 e. The Bertz CT molecular complexity index is 866. The quantitative estimate of drug-likeness (QED) is 0.905. The van der Waals surface area contributed by atoms with Crippen molar-refractivity contribution in [2.24, 2.45) is 0 Å². The van der Waals surface area contributed by atoms with Gasteiger partial charge in [-0.3, -0.25) is 9.10 Å². The van der Waals surface area contributed by atoms with Crippen LogP contribution in [0.25, 0.3) is 0 Å². The second-order valence-corrected chi connectivity index (χ2v) is 9.04. The van der Waals surface area contributed by atoms with Crippen LogP contribution in [0.5, 0.6) is 0 Å². The molecule has 0 radical (unpaired) electrons. The number of sulfonamides is 1. The summed E-state index contributed by atoms with van der Waals surface area (Å²) in [7, 11) is -1.96. The van der Waals surface area contributed by atoms with Gasteiger partial charge in [0.25, 0.3) is 5.91 Å². The summed E-state index contributed by atoms with van der Waals surface area (Å²) in [5, 5.41) is 2.79. The zero-order chi connectivity index (χ0) is 18.8. The van der Waals surface area contributed by atoms with Crippen LogP contribution in [0.2, 0.25) is 0 Å². The Morgan fingerprint density at radius 1 is 1.00 bits per heavy atom. The van der Waals surface area contributed by atoms with Crippen molar-refractivity contribution >= 4 is 27.3 Å². The average Bonchev–Trinajstić information content (AvgIpc) is 2.53. The summed E-state index contributed by atoms with van der Waals surface area (Å²) in [5.41, 5.74) is 2.54. The van der Waals surface area contributed by atoms with Crippen LogP contribution in [0.1, 0.15) is 36.7 Å². The van der Waals surface area contributed by atoms with Crippen LogP contribution in [0.15, 0.2) is 48.5 Å². The number of rotatable bonds is 4. The van der Waals surface area contributed by atoms with E-state index in [1.807, 2.05) is 12.1 Å². The summed E-state index contributed by atoms with van der Waals surface area (Å²) >= 11 is 0. The van der Waals surface area contributed by atoms with E-state index in [1.165, 1.54) is 7.05 Å². The molecule has 2 rings (SSSR count). The fourth-order valence-corrected chi connectivity index (χ4v) is 2.87. The number of nitrogens with zero attached hydrogens (tertiary/aromatic N) is 1. The lowest BCUT2D eigenvalue weighted by Gasteiger charge is -2.21. The summed E-state index contributed by atoms with van der Waals surface area (Å²) in [6.45, 7) is 6.33. The van der Waals surface area contributed by atoms with Gasteiger partial charge in [0, 0.05) is 12.6 Å². The second kappa shape index (κ2) is 6.88. The number of hydrogen-bond acceptors (Lipinski definition) is 3. The molecular formula is C19H24N2O3S. The number of para-hydroxylation sites is 2. The van der Waals surface area contributed by atoms with E-state index in [2.05, 4.69) is 26.1 Å². The number of benzene rings is 2. The van der Waals surface area contributed by atoms with Crippen LogP contribution < -0.4 is 9.62 Å². The molecule has 0 saturated heterocycles. The van der Waals surface area contributed by atoms with Crippen LogP contribution in [0, 0.1) is 0 Å². The summed E-state index contributed by atoms with van der Waals surface area (Å²) in [5.74, 6) is -0.283. The number of anilines is 2. The van der Waals surface area contributed by atoms with Gasteiger partial charge in [0.1, 0.15) is 0 Å². The van der Waals surface area contributed by atoms with E-state index in [4.69, 9.17) is 0 Å². The first-order chi connectivity index (χ1) is 11.5. The van der Waals surface area contributed by atoms with E-state index in [-0.39, 0.29) is 11.3 Å². The molecule has 0 atom stereocenters. The Labute approximate surface area is 149 Å². The third-order valence-corrected chi connectivity index (χ3v) is 5.19. The Kier molecular flexibility index (Phi) is 5.23. The van der Waals surface area contributed by atoms with E-state index >= 15 is 0 Å². The van der Waals surface area contributed by atoms with Crippen molar-refractivity contribution in [1.82, 2.24) is 0 Å². The molecule has 0 aliphatic carbocycles. The standard InChI is InChI=1S/C19H24N2O3S/c1-19(2,3)15-12-10-14(11-13-15)18(22)20-16-8-6-7-9-17(16)21(4)25(5,23)24/h6-13H,1-5H3,(H,20,22).